The molecule has 0 bridgehead atoms. The van der Waals surface area contributed by atoms with Crippen molar-refractivity contribution in [3.8, 4) is 5.75 Å². The first-order chi connectivity index (χ1) is 13.0. The van der Waals surface area contributed by atoms with E-state index in [1.54, 1.807) is 0 Å². The van der Waals surface area contributed by atoms with Crippen LogP contribution in [0.4, 0.5) is 5.69 Å². The monoisotopic (exact) mass is 368 g/mol. The zero-order valence-corrected chi connectivity index (χ0v) is 17.2. The van der Waals surface area contributed by atoms with Crippen molar-refractivity contribution in [2.75, 3.05) is 18.0 Å². The summed E-state index contributed by atoms with van der Waals surface area (Å²) in [6.07, 6.45) is 0.139. The number of ether oxygens (including phenoxy) is 1. The second-order valence-electron chi connectivity index (χ2n) is 6.77. The largest absolute Gasteiger partial charge is 0.480 e. The summed E-state index contributed by atoms with van der Waals surface area (Å²) in [7, 11) is 0. The predicted octanol–water partition coefficient (Wildman–Crippen LogP) is 4.62. The molecule has 27 heavy (non-hydrogen) atoms. The Kier molecular flexibility index (Phi) is 7.71. The number of hydrogen-bond donors (Lipinski definition) is 1. The lowest BCUT2D eigenvalue weighted by atomic mass is 10.1. The minimum absolute atomic E-state index is 0.0776. The van der Waals surface area contributed by atoms with Crippen molar-refractivity contribution in [1.82, 2.24) is 5.32 Å². The highest BCUT2D eigenvalue weighted by atomic mass is 16.5. The Hall–Kier alpha value is -2.49. The summed E-state index contributed by atoms with van der Waals surface area (Å²) in [5.74, 6) is 0.701. The van der Waals surface area contributed by atoms with Crippen molar-refractivity contribution < 1.29 is 9.53 Å². The van der Waals surface area contributed by atoms with E-state index >= 15 is 0 Å². The van der Waals surface area contributed by atoms with Gasteiger partial charge in [-0.2, -0.15) is 0 Å². The van der Waals surface area contributed by atoms with Crippen LogP contribution in [0.5, 0.6) is 5.75 Å². The molecule has 2 aromatic rings. The van der Waals surface area contributed by atoms with Gasteiger partial charge in [0.15, 0.2) is 6.10 Å². The van der Waals surface area contributed by atoms with Gasteiger partial charge in [0.1, 0.15) is 5.75 Å². The zero-order chi connectivity index (χ0) is 19.8. The molecule has 0 saturated heterocycles. The van der Waals surface area contributed by atoms with Gasteiger partial charge in [-0.3, -0.25) is 4.79 Å². The van der Waals surface area contributed by atoms with Crippen LogP contribution in [0.1, 0.15) is 43.9 Å². The molecule has 0 aliphatic carbocycles. The number of carbonyl (C=O) groups excluding carboxylic acids is 1. The van der Waals surface area contributed by atoms with Crippen molar-refractivity contribution in [1.29, 1.82) is 0 Å². The SMILES string of the molecule is CCC(Oc1cccc(C)c1C)C(=O)NCc1ccc(N(CC)CC)cc1. The van der Waals surface area contributed by atoms with Crippen LogP contribution in [-0.2, 0) is 11.3 Å². The maximum absolute atomic E-state index is 12.6. The lowest BCUT2D eigenvalue weighted by molar-refractivity contribution is -0.128. The van der Waals surface area contributed by atoms with E-state index in [4.69, 9.17) is 4.74 Å². The van der Waals surface area contributed by atoms with Crippen molar-refractivity contribution in [2.45, 2.75) is 53.7 Å². The van der Waals surface area contributed by atoms with E-state index in [-0.39, 0.29) is 5.91 Å². The standard InChI is InChI=1S/C23H32N2O2/c1-6-21(27-22-11-9-10-17(4)18(22)5)23(26)24-16-19-12-14-20(15-13-19)25(7-2)8-3/h9-15,21H,6-8,16H2,1-5H3,(H,24,26). The molecule has 0 saturated carbocycles. The number of amides is 1. The number of anilines is 1. The summed E-state index contributed by atoms with van der Waals surface area (Å²) in [4.78, 5) is 14.9. The van der Waals surface area contributed by atoms with Crippen LogP contribution in [0.15, 0.2) is 42.5 Å². The van der Waals surface area contributed by atoms with Gasteiger partial charge in [-0.05, 0) is 69.0 Å². The van der Waals surface area contributed by atoms with Gasteiger partial charge in [0.05, 0.1) is 0 Å². The molecule has 1 amide bonds. The van der Waals surface area contributed by atoms with Crippen LogP contribution < -0.4 is 15.0 Å². The van der Waals surface area contributed by atoms with E-state index in [0.29, 0.717) is 13.0 Å². The quantitative estimate of drug-likeness (QED) is 0.702. The Morgan fingerprint density at radius 1 is 1.04 bits per heavy atom. The first-order valence-electron chi connectivity index (χ1n) is 9.84. The predicted molar refractivity (Wildman–Crippen MR) is 112 cm³/mol. The fraction of sp³-hybridized carbons (Fsp3) is 0.435. The van der Waals surface area contributed by atoms with Crippen LogP contribution in [0.2, 0.25) is 0 Å². The highest BCUT2D eigenvalue weighted by Gasteiger charge is 2.19. The molecule has 0 spiro atoms. The third-order valence-electron chi connectivity index (χ3n) is 5.02. The summed E-state index contributed by atoms with van der Waals surface area (Å²) >= 11 is 0. The Morgan fingerprint density at radius 2 is 1.70 bits per heavy atom. The molecule has 0 heterocycles. The molecule has 2 aromatic carbocycles. The van der Waals surface area contributed by atoms with Crippen LogP contribution in [-0.4, -0.2) is 25.1 Å². The third kappa shape index (κ3) is 5.49. The van der Waals surface area contributed by atoms with Crippen molar-refractivity contribution in [3.05, 3.63) is 59.2 Å². The molecule has 0 aliphatic heterocycles. The highest BCUT2D eigenvalue weighted by molar-refractivity contribution is 5.81. The first kappa shape index (κ1) is 20.8. The summed E-state index contributed by atoms with van der Waals surface area (Å²) in [5.41, 5.74) is 4.53. The Bertz CT molecular complexity index is 737. The van der Waals surface area contributed by atoms with Crippen LogP contribution in [0, 0.1) is 13.8 Å². The van der Waals surface area contributed by atoms with Crippen molar-refractivity contribution in [2.24, 2.45) is 0 Å². The minimum atomic E-state index is -0.486. The average molecular weight is 369 g/mol. The molecule has 1 unspecified atom stereocenters. The fourth-order valence-corrected chi connectivity index (χ4v) is 3.04. The van der Waals surface area contributed by atoms with Gasteiger partial charge in [0.25, 0.3) is 5.91 Å². The smallest absolute Gasteiger partial charge is 0.261 e. The topological polar surface area (TPSA) is 41.6 Å². The molecular weight excluding hydrogens is 336 g/mol. The second kappa shape index (κ2) is 10.0. The molecule has 2 rings (SSSR count). The number of carbonyl (C=O) groups is 1. The first-order valence-corrected chi connectivity index (χ1v) is 9.84. The summed E-state index contributed by atoms with van der Waals surface area (Å²) in [6, 6.07) is 14.3. The number of rotatable bonds is 9. The minimum Gasteiger partial charge on any atom is -0.480 e. The van der Waals surface area contributed by atoms with E-state index in [9.17, 15) is 4.79 Å². The van der Waals surface area contributed by atoms with E-state index in [2.05, 4.69) is 48.3 Å². The highest BCUT2D eigenvalue weighted by Crippen LogP contribution is 2.22. The van der Waals surface area contributed by atoms with E-state index in [1.165, 1.54) is 5.69 Å². The van der Waals surface area contributed by atoms with Gasteiger partial charge < -0.3 is 15.0 Å². The van der Waals surface area contributed by atoms with E-state index in [1.807, 2.05) is 39.0 Å². The van der Waals surface area contributed by atoms with Gasteiger partial charge in [-0.1, -0.05) is 31.2 Å². The lowest BCUT2D eigenvalue weighted by Gasteiger charge is -2.21. The summed E-state index contributed by atoms with van der Waals surface area (Å²) in [5, 5.41) is 3.00. The average Bonchev–Trinajstić information content (AvgIpc) is 2.69. The molecule has 0 aliphatic rings. The van der Waals surface area contributed by atoms with Gasteiger partial charge in [0, 0.05) is 25.3 Å². The molecule has 0 aromatic heterocycles. The van der Waals surface area contributed by atoms with Gasteiger partial charge >= 0.3 is 0 Å². The molecule has 4 heteroatoms. The molecule has 4 nitrogen and oxygen atoms in total. The van der Waals surface area contributed by atoms with Crippen LogP contribution >= 0.6 is 0 Å². The number of nitrogens with zero attached hydrogens (tertiary/aromatic N) is 1. The summed E-state index contributed by atoms with van der Waals surface area (Å²) in [6.45, 7) is 12.8. The summed E-state index contributed by atoms with van der Waals surface area (Å²) < 4.78 is 5.99. The molecule has 0 radical (unpaired) electrons. The number of hydrogen-bond acceptors (Lipinski definition) is 3. The molecule has 146 valence electrons. The number of benzene rings is 2. The maximum Gasteiger partial charge on any atom is 0.261 e. The second-order valence-corrected chi connectivity index (χ2v) is 6.77. The molecular formula is C23H32N2O2. The van der Waals surface area contributed by atoms with Crippen molar-refractivity contribution >= 4 is 11.6 Å². The lowest BCUT2D eigenvalue weighted by Crippen LogP contribution is -2.37. The van der Waals surface area contributed by atoms with E-state index in [0.717, 1.165) is 35.5 Å². The van der Waals surface area contributed by atoms with Gasteiger partial charge in [-0.15, -0.1) is 0 Å². The Balaban J connectivity index is 1.95. The molecule has 0 fully saturated rings. The number of nitrogens with one attached hydrogen (secondary N) is 1. The molecule has 1 atom stereocenters. The molecule has 1 N–H and O–H groups in total. The van der Waals surface area contributed by atoms with Gasteiger partial charge in [0.2, 0.25) is 0 Å². The van der Waals surface area contributed by atoms with Crippen LogP contribution in [0.25, 0.3) is 0 Å². The van der Waals surface area contributed by atoms with Crippen LogP contribution in [0.3, 0.4) is 0 Å². The number of aryl methyl sites for hydroxylation is 1. The van der Waals surface area contributed by atoms with Crippen molar-refractivity contribution in [3.63, 3.8) is 0 Å². The Morgan fingerprint density at radius 3 is 2.30 bits per heavy atom. The van der Waals surface area contributed by atoms with E-state index < -0.39 is 6.10 Å². The fourth-order valence-electron chi connectivity index (χ4n) is 3.04. The third-order valence-corrected chi connectivity index (χ3v) is 5.02. The van der Waals surface area contributed by atoms with Gasteiger partial charge in [-0.25, -0.2) is 0 Å². The maximum atomic E-state index is 12.6. The normalized spacial score (nSPS) is 11.7. The Labute approximate surface area is 163 Å². The zero-order valence-electron chi connectivity index (χ0n) is 17.2.